The van der Waals surface area contributed by atoms with Crippen LogP contribution >= 0.6 is 46.3 Å². The molecule has 0 saturated heterocycles. The molecule has 1 atom stereocenters. The lowest BCUT2D eigenvalue weighted by atomic mass is 9.94. The molecule has 0 radical (unpaired) electrons. The molecule has 0 aliphatic carbocycles. The Labute approximate surface area is 193 Å². The van der Waals surface area contributed by atoms with Crippen molar-refractivity contribution in [3.05, 3.63) is 55.8 Å². The SMILES string of the molecule is CCCC(CNC(=O)CSc1nnc(Cc2csc(C)n2)o1)c1ccc(Cl)cc1Cl. The number of nitrogens with one attached hydrogen (secondary N) is 1. The summed E-state index contributed by atoms with van der Waals surface area (Å²) in [6.45, 7) is 4.56. The quantitative estimate of drug-likeness (QED) is 0.381. The predicted octanol–water partition coefficient (Wildman–Crippen LogP) is 5.52. The molecule has 0 aliphatic rings. The van der Waals surface area contributed by atoms with Gasteiger partial charge in [-0.2, -0.15) is 0 Å². The number of aryl methyl sites for hydroxylation is 1. The van der Waals surface area contributed by atoms with Crippen molar-refractivity contribution >= 4 is 52.2 Å². The molecule has 0 fully saturated rings. The van der Waals surface area contributed by atoms with Gasteiger partial charge in [0.05, 0.1) is 22.9 Å². The Balaban J connectivity index is 1.49. The Kier molecular flexibility index (Phi) is 8.56. The minimum Gasteiger partial charge on any atom is -0.416 e. The van der Waals surface area contributed by atoms with E-state index in [9.17, 15) is 4.79 Å². The first-order chi connectivity index (χ1) is 14.4. The van der Waals surface area contributed by atoms with E-state index in [1.807, 2.05) is 24.4 Å². The Morgan fingerprint density at radius 2 is 2.17 bits per heavy atom. The number of hydrogen-bond donors (Lipinski definition) is 1. The number of thiazole rings is 1. The smallest absolute Gasteiger partial charge is 0.277 e. The average Bonchev–Trinajstić information content (AvgIpc) is 3.32. The van der Waals surface area contributed by atoms with E-state index >= 15 is 0 Å². The molecule has 0 spiro atoms. The van der Waals surface area contributed by atoms with Crippen molar-refractivity contribution < 1.29 is 9.21 Å². The van der Waals surface area contributed by atoms with Crippen molar-refractivity contribution in [2.75, 3.05) is 12.3 Å². The van der Waals surface area contributed by atoms with Crippen molar-refractivity contribution in [3.8, 4) is 0 Å². The molecule has 3 aromatic rings. The van der Waals surface area contributed by atoms with E-state index in [-0.39, 0.29) is 17.6 Å². The normalized spacial score (nSPS) is 12.1. The van der Waals surface area contributed by atoms with Crippen LogP contribution in [-0.4, -0.2) is 33.4 Å². The maximum absolute atomic E-state index is 12.3. The molecular weight excluding hydrogens is 463 g/mol. The van der Waals surface area contributed by atoms with Gasteiger partial charge in [0, 0.05) is 27.9 Å². The van der Waals surface area contributed by atoms with Gasteiger partial charge in [-0.1, -0.05) is 54.4 Å². The molecule has 10 heteroatoms. The molecule has 3 rings (SSSR count). The van der Waals surface area contributed by atoms with Crippen molar-refractivity contribution in [3.63, 3.8) is 0 Å². The van der Waals surface area contributed by atoms with E-state index in [1.54, 1.807) is 17.4 Å². The largest absolute Gasteiger partial charge is 0.416 e. The molecule has 0 bridgehead atoms. The molecule has 2 aromatic heterocycles. The monoisotopic (exact) mass is 484 g/mol. The molecule has 1 aromatic carbocycles. The molecule has 1 amide bonds. The summed E-state index contributed by atoms with van der Waals surface area (Å²) >= 11 is 15.1. The van der Waals surface area contributed by atoms with E-state index in [1.165, 1.54) is 11.8 Å². The highest BCUT2D eigenvalue weighted by molar-refractivity contribution is 7.99. The molecule has 1 N–H and O–H groups in total. The summed E-state index contributed by atoms with van der Waals surface area (Å²) in [6, 6.07) is 5.48. The molecule has 6 nitrogen and oxygen atoms in total. The van der Waals surface area contributed by atoms with Crippen LogP contribution in [0, 0.1) is 6.92 Å². The number of carbonyl (C=O) groups is 1. The predicted molar refractivity (Wildman–Crippen MR) is 122 cm³/mol. The number of rotatable bonds is 10. The summed E-state index contributed by atoms with van der Waals surface area (Å²) in [4.78, 5) is 16.7. The van der Waals surface area contributed by atoms with Crippen LogP contribution in [0.5, 0.6) is 0 Å². The topological polar surface area (TPSA) is 80.9 Å². The summed E-state index contributed by atoms with van der Waals surface area (Å²) < 4.78 is 5.60. The molecule has 2 heterocycles. The molecule has 30 heavy (non-hydrogen) atoms. The second-order valence-electron chi connectivity index (χ2n) is 6.74. The van der Waals surface area contributed by atoms with Crippen LogP contribution in [-0.2, 0) is 11.2 Å². The van der Waals surface area contributed by atoms with Crippen molar-refractivity contribution in [1.82, 2.24) is 20.5 Å². The van der Waals surface area contributed by atoms with Crippen LogP contribution < -0.4 is 5.32 Å². The summed E-state index contributed by atoms with van der Waals surface area (Å²) in [6.07, 6.45) is 2.39. The summed E-state index contributed by atoms with van der Waals surface area (Å²) in [5, 5.41) is 15.6. The third-order valence-corrected chi connectivity index (χ3v) is 6.56. The molecular formula is C20H22Cl2N4O2S2. The van der Waals surface area contributed by atoms with Crippen LogP contribution in [0.2, 0.25) is 10.0 Å². The zero-order chi connectivity index (χ0) is 21.5. The number of hydrogen-bond acceptors (Lipinski definition) is 7. The van der Waals surface area contributed by atoms with Crippen LogP contribution in [0.3, 0.4) is 0 Å². The second-order valence-corrected chi connectivity index (χ2v) is 9.57. The highest BCUT2D eigenvalue weighted by Gasteiger charge is 2.17. The van der Waals surface area contributed by atoms with Gasteiger partial charge >= 0.3 is 0 Å². The Bertz CT molecular complexity index is 993. The fourth-order valence-corrected chi connectivity index (χ4v) is 4.76. The van der Waals surface area contributed by atoms with Gasteiger partial charge in [-0.15, -0.1) is 21.5 Å². The van der Waals surface area contributed by atoms with Gasteiger partial charge in [0.1, 0.15) is 0 Å². The second kappa shape index (κ2) is 11.1. The van der Waals surface area contributed by atoms with Gasteiger partial charge < -0.3 is 9.73 Å². The first-order valence-corrected chi connectivity index (χ1v) is 12.1. The van der Waals surface area contributed by atoms with Crippen molar-refractivity contribution in [2.24, 2.45) is 0 Å². The highest BCUT2D eigenvalue weighted by atomic mass is 35.5. The van der Waals surface area contributed by atoms with E-state index in [2.05, 4.69) is 27.4 Å². The van der Waals surface area contributed by atoms with Gasteiger partial charge in [-0.05, 0) is 31.0 Å². The Morgan fingerprint density at radius 3 is 2.87 bits per heavy atom. The van der Waals surface area contributed by atoms with E-state index < -0.39 is 0 Å². The third-order valence-electron chi connectivity index (χ3n) is 4.36. The number of aromatic nitrogens is 3. The zero-order valence-electron chi connectivity index (χ0n) is 16.7. The number of thioether (sulfide) groups is 1. The van der Waals surface area contributed by atoms with Gasteiger partial charge in [-0.3, -0.25) is 4.79 Å². The summed E-state index contributed by atoms with van der Waals surface area (Å²) in [5.41, 5.74) is 1.90. The third kappa shape index (κ3) is 6.70. The fraction of sp³-hybridized carbons (Fsp3) is 0.400. The molecule has 0 aliphatic heterocycles. The van der Waals surface area contributed by atoms with Crippen LogP contribution in [0.15, 0.2) is 33.2 Å². The number of benzene rings is 1. The van der Waals surface area contributed by atoms with Crippen molar-refractivity contribution in [2.45, 2.75) is 44.3 Å². The number of carbonyl (C=O) groups excluding carboxylic acids is 1. The van der Waals surface area contributed by atoms with Crippen LogP contribution in [0.25, 0.3) is 0 Å². The Hall–Kier alpha value is -1.61. The van der Waals surface area contributed by atoms with Gasteiger partial charge in [0.25, 0.3) is 5.22 Å². The number of nitrogens with zero attached hydrogens (tertiary/aromatic N) is 3. The standard InChI is InChI=1S/C20H22Cl2N4O2S2/c1-3-4-13(16-6-5-14(21)7-17(16)22)9-23-18(27)11-30-20-26-25-19(28-20)8-15-10-29-12(2)24-15/h5-7,10,13H,3-4,8-9,11H2,1-2H3,(H,23,27). The van der Waals surface area contributed by atoms with Crippen LogP contribution in [0.1, 0.15) is 47.8 Å². The van der Waals surface area contributed by atoms with Gasteiger partial charge in [-0.25, -0.2) is 4.98 Å². The number of amides is 1. The lowest BCUT2D eigenvalue weighted by Crippen LogP contribution is -2.30. The zero-order valence-corrected chi connectivity index (χ0v) is 19.8. The maximum atomic E-state index is 12.3. The lowest BCUT2D eigenvalue weighted by Gasteiger charge is -2.19. The Morgan fingerprint density at radius 1 is 1.33 bits per heavy atom. The first-order valence-electron chi connectivity index (χ1n) is 9.52. The average molecular weight is 485 g/mol. The minimum absolute atomic E-state index is 0.0962. The minimum atomic E-state index is -0.0962. The van der Waals surface area contributed by atoms with E-state index in [0.717, 1.165) is 29.1 Å². The highest BCUT2D eigenvalue weighted by Crippen LogP contribution is 2.30. The van der Waals surface area contributed by atoms with E-state index in [4.69, 9.17) is 27.6 Å². The van der Waals surface area contributed by atoms with Gasteiger partial charge in [0.15, 0.2) is 0 Å². The molecule has 0 saturated carbocycles. The first kappa shape index (κ1) is 23.1. The van der Waals surface area contributed by atoms with Crippen LogP contribution in [0.4, 0.5) is 0 Å². The summed E-state index contributed by atoms with van der Waals surface area (Å²) in [5.74, 6) is 0.722. The number of halogens is 2. The fourth-order valence-electron chi connectivity index (χ4n) is 2.98. The van der Waals surface area contributed by atoms with E-state index in [0.29, 0.717) is 34.1 Å². The molecule has 1 unspecified atom stereocenters. The van der Waals surface area contributed by atoms with Crippen molar-refractivity contribution in [1.29, 1.82) is 0 Å². The maximum Gasteiger partial charge on any atom is 0.277 e. The lowest BCUT2D eigenvalue weighted by molar-refractivity contribution is -0.118. The summed E-state index contributed by atoms with van der Waals surface area (Å²) in [7, 11) is 0. The van der Waals surface area contributed by atoms with Gasteiger partial charge in [0.2, 0.25) is 11.8 Å². The molecule has 160 valence electrons.